The van der Waals surface area contributed by atoms with Gasteiger partial charge in [-0.1, -0.05) is 0 Å². The van der Waals surface area contributed by atoms with Gasteiger partial charge < -0.3 is 0 Å². The molecule has 0 fully saturated rings. The van der Waals surface area contributed by atoms with E-state index < -0.39 is 0 Å². The molecule has 0 saturated carbocycles. The maximum atomic E-state index is 11.4. The van der Waals surface area contributed by atoms with Crippen LogP contribution >= 0.6 is 0 Å². The van der Waals surface area contributed by atoms with Gasteiger partial charge in [0, 0.05) is 5.69 Å². The fourth-order valence-corrected chi connectivity index (χ4v) is 1.15. The Balaban J connectivity index is 2.79. The van der Waals surface area contributed by atoms with E-state index in [1.807, 2.05) is 19.9 Å². The van der Waals surface area contributed by atoms with E-state index in [2.05, 4.69) is 10.5 Å². The summed E-state index contributed by atoms with van der Waals surface area (Å²) < 4.78 is 0. The van der Waals surface area contributed by atoms with Crippen molar-refractivity contribution in [3.63, 3.8) is 0 Å². The minimum Gasteiger partial charge on any atom is -0.274 e. The normalized spacial score (nSPS) is 9.93. The predicted octanol–water partition coefficient (Wildman–Crippen LogP) is 1.38. The van der Waals surface area contributed by atoms with Gasteiger partial charge in [0.25, 0.3) is 5.91 Å². The minimum absolute atomic E-state index is 0.307. The lowest BCUT2D eigenvalue weighted by molar-refractivity contribution is 0.0359. The molecule has 0 atom stereocenters. The van der Waals surface area contributed by atoms with E-state index in [0.717, 1.165) is 11.3 Å². The summed E-state index contributed by atoms with van der Waals surface area (Å²) in [7, 11) is 0. The van der Waals surface area contributed by atoms with Crippen LogP contribution in [-0.2, 0) is 4.84 Å². The number of nitrogens with zero attached hydrogens (tertiary/aromatic N) is 1. The lowest BCUT2D eigenvalue weighted by atomic mass is 10.2. The molecule has 0 bridgehead atoms. The first-order chi connectivity index (χ1) is 6.63. The van der Waals surface area contributed by atoms with Crippen molar-refractivity contribution >= 4 is 5.91 Å². The molecular formula is C10H14N2O2. The molecule has 76 valence electrons. The van der Waals surface area contributed by atoms with Gasteiger partial charge in [0.15, 0.2) is 0 Å². The summed E-state index contributed by atoms with van der Waals surface area (Å²) >= 11 is 0. The number of aromatic nitrogens is 1. The molecule has 4 nitrogen and oxygen atoms in total. The van der Waals surface area contributed by atoms with E-state index in [1.165, 1.54) is 0 Å². The van der Waals surface area contributed by atoms with Crippen LogP contribution < -0.4 is 5.48 Å². The van der Waals surface area contributed by atoms with Crippen molar-refractivity contribution < 1.29 is 9.63 Å². The third kappa shape index (κ3) is 2.81. The second-order valence-electron chi connectivity index (χ2n) is 3.04. The standard InChI is InChI=1S/C10H14N2O2/c1-4-14-12-10(13)9-6-7(2)5-8(3)11-9/h5-6H,4H2,1-3H3,(H,12,13). The van der Waals surface area contributed by atoms with Gasteiger partial charge in [0.1, 0.15) is 5.69 Å². The number of carbonyl (C=O) groups is 1. The molecule has 1 aromatic rings. The SMILES string of the molecule is CCONC(=O)c1cc(C)cc(C)n1. The first kappa shape index (κ1) is 10.7. The number of pyridine rings is 1. The van der Waals surface area contributed by atoms with E-state index in [1.54, 1.807) is 13.0 Å². The molecule has 0 unspecified atom stereocenters. The van der Waals surface area contributed by atoms with Crippen LogP contribution in [0.2, 0.25) is 0 Å². The molecule has 0 saturated heterocycles. The van der Waals surface area contributed by atoms with Crippen molar-refractivity contribution in [2.75, 3.05) is 6.61 Å². The van der Waals surface area contributed by atoms with Gasteiger partial charge in [0.2, 0.25) is 0 Å². The Kier molecular flexibility index (Phi) is 3.59. The van der Waals surface area contributed by atoms with Crippen LogP contribution in [-0.4, -0.2) is 17.5 Å². The average molecular weight is 194 g/mol. The molecule has 1 N–H and O–H groups in total. The molecule has 1 amide bonds. The second kappa shape index (κ2) is 4.72. The van der Waals surface area contributed by atoms with Gasteiger partial charge in [0.05, 0.1) is 6.61 Å². The third-order valence-corrected chi connectivity index (χ3v) is 1.64. The molecule has 14 heavy (non-hydrogen) atoms. The fraction of sp³-hybridized carbons (Fsp3) is 0.400. The Morgan fingerprint density at radius 3 is 2.79 bits per heavy atom. The smallest absolute Gasteiger partial charge is 0.274 e. The van der Waals surface area contributed by atoms with E-state index in [4.69, 9.17) is 4.84 Å². The first-order valence-electron chi connectivity index (χ1n) is 4.51. The van der Waals surface area contributed by atoms with Gasteiger partial charge in [-0.15, -0.1) is 0 Å². The molecule has 1 rings (SSSR count). The van der Waals surface area contributed by atoms with Crippen LogP contribution in [0.3, 0.4) is 0 Å². The molecule has 0 aliphatic rings. The largest absolute Gasteiger partial charge is 0.293 e. The second-order valence-corrected chi connectivity index (χ2v) is 3.04. The van der Waals surface area contributed by atoms with Crippen LogP contribution in [0.25, 0.3) is 0 Å². The van der Waals surface area contributed by atoms with Crippen molar-refractivity contribution in [2.45, 2.75) is 20.8 Å². The number of rotatable bonds is 3. The molecule has 4 heteroatoms. The van der Waals surface area contributed by atoms with E-state index in [0.29, 0.717) is 12.3 Å². The summed E-state index contributed by atoms with van der Waals surface area (Å²) in [5.41, 5.74) is 4.53. The summed E-state index contributed by atoms with van der Waals surface area (Å²) in [5, 5.41) is 0. The minimum atomic E-state index is -0.307. The van der Waals surface area contributed by atoms with Crippen LogP contribution in [0.5, 0.6) is 0 Å². The van der Waals surface area contributed by atoms with E-state index in [9.17, 15) is 4.79 Å². The third-order valence-electron chi connectivity index (χ3n) is 1.64. The Morgan fingerprint density at radius 1 is 1.50 bits per heavy atom. The highest BCUT2D eigenvalue weighted by Crippen LogP contribution is 2.03. The molecule has 0 aromatic carbocycles. The van der Waals surface area contributed by atoms with Gasteiger partial charge in [-0.3, -0.25) is 9.63 Å². The molecule has 0 radical (unpaired) electrons. The number of hydrogen-bond donors (Lipinski definition) is 1. The van der Waals surface area contributed by atoms with Crippen molar-refractivity contribution in [3.05, 3.63) is 29.1 Å². The number of carbonyl (C=O) groups excluding carboxylic acids is 1. The van der Waals surface area contributed by atoms with Crippen LogP contribution in [0, 0.1) is 13.8 Å². The first-order valence-corrected chi connectivity index (χ1v) is 4.51. The number of amides is 1. The van der Waals surface area contributed by atoms with Crippen molar-refractivity contribution in [1.29, 1.82) is 0 Å². The highest BCUT2D eigenvalue weighted by molar-refractivity contribution is 5.91. The van der Waals surface area contributed by atoms with Gasteiger partial charge in [-0.05, 0) is 38.5 Å². The molecule has 1 heterocycles. The summed E-state index contributed by atoms with van der Waals surface area (Å²) in [6, 6.07) is 3.64. The van der Waals surface area contributed by atoms with Crippen LogP contribution in [0.15, 0.2) is 12.1 Å². The van der Waals surface area contributed by atoms with E-state index >= 15 is 0 Å². The summed E-state index contributed by atoms with van der Waals surface area (Å²) in [6.45, 7) is 6.02. The average Bonchev–Trinajstić information content (AvgIpc) is 2.12. The zero-order valence-corrected chi connectivity index (χ0v) is 8.63. The van der Waals surface area contributed by atoms with Crippen LogP contribution in [0.4, 0.5) is 0 Å². The summed E-state index contributed by atoms with van der Waals surface area (Å²) in [4.78, 5) is 20.3. The lowest BCUT2D eigenvalue weighted by Crippen LogP contribution is -2.24. The zero-order chi connectivity index (χ0) is 10.6. The van der Waals surface area contributed by atoms with E-state index in [-0.39, 0.29) is 5.91 Å². The highest BCUT2D eigenvalue weighted by atomic mass is 16.6. The molecule has 0 aliphatic heterocycles. The van der Waals surface area contributed by atoms with Crippen molar-refractivity contribution in [1.82, 2.24) is 10.5 Å². The van der Waals surface area contributed by atoms with Crippen LogP contribution in [0.1, 0.15) is 28.7 Å². The maximum absolute atomic E-state index is 11.4. The maximum Gasteiger partial charge on any atom is 0.293 e. The summed E-state index contributed by atoms with van der Waals surface area (Å²) in [6.07, 6.45) is 0. The Hall–Kier alpha value is -1.42. The van der Waals surface area contributed by atoms with Gasteiger partial charge >= 0.3 is 0 Å². The Labute approximate surface area is 83.3 Å². The number of nitrogens with one attached hydrogen (secondary N) is 1. The molecule has 0 spiro atoms. The zero-order valence-electron chi connectivity index (χ0n) is 8.63. The lowest BCUT2D eigenvalue weighted by Gasteiger charge is -2.04. The van der Waals surface area contributed by atoms with Gasteiger partial charge in [-0.25, -0.2) is 10.5 Å². The highest BCUT2D eigenvalue weighted by Gasteiger charge is 2.07. The predicted molar refractivity (Wildman–Crippen MR) is 52.8 cm³/mol. The summed E-state index contributed by atoms with van der Waals surface area (Å²) in [5.74, 6) is -0.307. The van der Waals surface area contributed by atoms with Crippen molar-refractivity contribution in [2.24, 2.45) is 0 Å². The molecule has 1 aromatic heterocycles. The molecule has 0 aliphatic carbocycles. The Morgan fingerprint density at radius 2 is 2.21 bits per heavy atom. The number of hydrogen-bond acceptors (Lipinski definition) is 3. The monoisotopic (exact) mass is 194 g/mol. The quantitative estimate of drug-likeness (QED) is 0.739. The topological polar surface area (TPSA) is 51.2 Å². The van der Waals surface area contributed by atoms with Gasteiger partial charge in [-0.2, -0.15) is 0 Å². The molecular weight excluding hydrogens is 180 g/mol. The number of aryl methyl sites for hydroxylation is 2. The number of hydroxylamine groups is 1. The fourth-order valence-electron chi connectivity index (χ4n) is 1.15. The van der Waals surface area contributed by atoms with Crippen molar-refractivity contribution in [3.8, 4) is 0 Å². The Bertz CT molecular complexity index is 317.